The third-order valence-electron chi connectivity index (χ3n) is 4.89. The topological polar surface area (TPSA) is 47.9 Å². The molecule has 0 aliphatic carbocycles. The number of Topliss-reactive ketones (excluding diaryl/α,β-unsaturated/α-hetero) is 1. The Morgan fingerprint density at radius 3 is 2.16 bits per heavy atom. The fourth-order valence-electron chi connectivity index (χ4n) is 3.13. The summed E-state index contributed by atoms with van der Waals surface area (Å²) in [5.74, 6) is -0.124. The van der Waals surface area contributed by atoms with Gasteiger partial charge in [-0.15, -0.1) is 0 Å². The van der Waals surface area contributed by atoms with Crippen LogP contribution in [0.3, 0.4) is 0 Å². The first-order chi connectivity index (χ1) is 15.8. The van der Waals surface area contributed by atoms with Crippen molar-refractivity contribution in [2.45, 2.75) is 55.4 Å². The molecule has 3 aromatic rings. The Bertz CT molecular complexity index is 973. The highest BCUT2D eigenvalue weighted by molar-refractivity contribution is 7.99. The molecule has 0 saturated heterocycles. The van der Waals surface area contributed by atoms with Crippen LogP contribution >= 0.6 is 11.8 Å². The average molecular weight is 448 g/mol. The van der Waals surface area contributed by atoms with Crippen molar-refractivity contribution in [3.05, 3.63) is 96.1 Å². The summed E-state index contributed by atoms with van der Waals surface area (Å²) < 4.78 is 0. The van der Waals surface area contributed by atoms with E-state index in [0.29, 0.717) is 17.7 Å². The summed E-state index contributed by atoms with van der Waals surface area (Å²) in [5, 5.41) is 4.04. The van der Waals surface area contributed by atoms with E-state index in [9.17, 15) is 4.79 Å². The van der Waals surface area contributed by atoms with Crippen LogP contribution in [-0.2, 0) is 16.5 Å². The second-order valence-electron chi connectivity index (χ2n) is 7.44. The van der Waals surface area contributed by atoms with Gasteiger partial charge in [-0.2, -0.15) is 4.89 Å². The minimum Gasteiger partial charge on any atom is -0.287 e. The van der Waals surface area contributed by atoms with Crippen LogP contribution in [0.15, 0.2) is 99.9 Å². The molecular weight excluding hydrogens is 418 g/mol. The van der Waals surface area contributed by atoms with Crippen LogP contribution in [0.4, 0.5) is 0 Å². The van der Waals surface area contributed by atoms with Crippen molar-refractivity contribution >= 4 is 23.3 Å². The number of hydrogen-bond acceptors (Lipinski definition) is 5. The van der Waals surface area contributed by atoms with Crippen molar-refractivity contribution in [1.82, 2.24) is 0 Å². The van der Waals surface area contributed by atoms with Crippen molar-refractivity contribution in [3.63, 3.8) is 0 Å². The van der Waals surface area contributed by atoms with E-state index in [1.807, 2.05) is 72.8 Å². The molecule has 0 bridgehead atoms. The van der Waals surface area contributed by atoms with Crippen LogP contribution in [0.25, 0.3) is 0 Å². The lowest BCUT2D eigenvalue weighted by atomic mass is 10.0. The molecule has 0 unspecified atom stereocenters. The van der Waals surface area contributed by atoms with Gasteiger partial charge in [0.25, 0.3) is 0 Å². The number of carbonyl (C=O) groups excluding carboxylic acids is 1. The van der Waals surface area contributed by atoms with Crippen molar-refractivity contribution in [1.29, 1.82) is 0 Å². The van der Waals surface area contributed by atoms with E-state index in [4.69, 9.17) is 9.88 Å². The summed E-state index contributed by atoms with van der Waals surface area (Å²) in [4.78, 5) is 25.6. The number of nitrogens with zero attached hydrogens (tertiary/aromatic N) is 1. The van der Waals surface area contributed by atoms with Crippen molar-refractivity contribution in [2.75, 3.05) is 0 Å². The second kappa shape index (κ2) is 13.5. The summed E-state index contributed by atoms with van der Waals surface area (Å²) >= 11 is 1.66. The van der Waals surface area contributed by atoms with Gasteiger partial charge in [-0.3, -0.25) is 4.79 Å². The van der Waals surface area contributed by atoms with E-state index < -0.39 is 0 Å². The molecule has 32 heavy (non-hydrogen) atoms. The lowest BCUT2D eigenvalue weighted by Crippen LogP contribution is -2.15. The molecule has 3 rings (SSSR count). The number of ketones is 1. The molecule has 5 heteroatoms. The fraction of sp³-hybridized carbons (Fsp3) is 0.259. The number of unbranched alkanes of at least 4 members (excludes halogenated alkanes) is 3. The molecule has 3 aromatic carbocycles. The molecule has 0 amide bonds. The van der Waals surface area contributed by atoms with Crippen molar-refractivity contribution in [2.24, 2.45) is 5.16 Å². The Morgan fingerprint density at radius 1 is 0.812 bits per heavy atom. The Kier molecular flexibility index (Phi) is 10.0. The zero-order valence-electron chi connectivity index (χ0n) is 18.4. The van der Waals surface area contributed by atoms with Gasteiger partial charge in [-0.25, -0.2) is 4.99 Å². The maximum absolute atomic E-state index is 13.1. The van der Waals surface area contributed by atoms with E-state index in [0.717, 1.165) is 41.0 Å². The number of oxime groups is 1. The Morgan fingerprint density at radius 2 is 1.47 bits per heavy atom. The molecule has 0 spiro atoms. The summed E-state index contributed by atoms with van der Waals surface area (Å²) in [7, 11) is 0. The maximum atomic E-state index is 13.1. The quantitative estimate of drug-likeness (QED) is 0.0895. The molecule has 0 saturated carbocycles. The first-order valence-corrected chi connectivity index (χ1v) is 11.8. The molecule has 0 aliphatic heterocycles. The van der Waals surface area contributed by atoms with Gasteiger partial charge >= 0.3 is 0 Å². The van der Waals surface area contributed by atoms with E-state index in [2.05, 4.69) is 24.2 Å². The maximum Gasteiger partial charge on any atom is 0.210 e. The van der Waals surface area contributed by atoms with Crippen LogP contribution < -0.4 is 0 Å². The Labute approximate surface area is 194 Å². The van der Waals surface area contributed by atoms with Gasteiger partial charge in [0.1, 0.15) is 12.3 Å². The Balaban J connectivity index is 1.62. The molecule has 0 aliphatic rings. The summed E-state index contributed by atoms with van der Waals surface area (Å²) in [6.07, 6.45) is 4.78. The summed E-state index contributed by atoms with van der Waals surface area (Å²) in [5.41, 5.74) is 1.96. The SMILES string of the molecule is CCCCCCC(=NOOCc1ccccc1)C(=O)c1ccc(Sc2ccccc2)cc1. The predicted octanol–water partition coefficient (Wildman–Crippen LogP) is 7.50. The minimum absolute atomic E-state index is 0.124. The van der Waals surface area contributed by atoms with Gasteiger partial charge in [-0.1, -0.05) is 86.5 Å². The molecule has 4 nitrogen and oxygen atoms in total. The van der Waals surface area contributed by atoms with Crippen molar-refractivity contribution < 1.29 is 14.7 Å². The van der Waals surface area contributed by atoms with E-state index in [-0.39, 0.29) is 12.4 Å². The monoisotopic (exact) mass is 447 g/mol. The molecule has 0 heterocycles. The molecule has 0 radical (unpaired) electrons. The standard InChI is InChI=1S/C27H29NO3S/c1-2-3-4-11-16-26(28-31-30-21-22-12-7-5-8-13-22)27(29)23-17-19-25(20-18-23)32-24-14-9-6-10-15-24/h5-10,12-15,17-20H,2-4,11,16,21H2,1H3. The third-order valence-corrected chi connectivity index (χ3v) is 5.91. The number of rotatable bonds is 13. The lowest BCUT2D eigenvalue weighted by molar-refractivity contribution is -0.305. The van der Waals surface area contributed by atoms with Gasteiger partial charge in [-0.05, 0) is 60.0 Å². The van der Waals surface area contributed by atoms with Gasteiger partial charge in [0.2, 0.25) is 5.78 Å². The summed E-state index contributed by atoms with van der Waals surface area (Å²) in [6.45, 7) is 2.43. The normalized spacial score (nSPS) is 11.3. The third kappa shape index (κ3) is 7.98. The van der Waals surface area contributed by atoms with E-state index in [1.165, 1.54) is 0 Å². The highest BCUT2D eigenvalue weighted by Gasteiger charge is 2.15. The summed E-state index contributed by atoms with van der Waals surface area (Å²) in [6, 6.07) is 27.5. The predicted molar refractivity (Wildman–Crippen MR) is 130 cm³/mol. The first kappa shape index (κ1) is 23.8. The molecular formula is C27H29NO3S. The zero-order valence-corrected chi connectivity index (χ0v) is 19.2. The second-order valence-corrected chi connectivity index (χ2v) is 8.59. The number of benzene rings is 3. The molecule has 0 atom stereocenters. The average Bonchev–Trinajstić information content (AvgIpc) is 2.84. The first-order valence-electron chi connectivity index (χ1n) is 11.0. The molecule has 166 valence electrons. The van der Waals surface area contributed by atoms with Crippen LogP contribution in [0.5, 0.6) is 0 Å². The number of carbonyl (C=O) groups is 1. The van der Waals surface area contributed by atoms with Crippen LogP contribution in [-0.4, -0.2) is 11.5 Å². The van der Waals surface area contributed by atoms with Crippen LogP contribution in [0.1, 0.15) is 54.9 Å². The van der Waals surface area contributed by atoms with Gasteiger partial charge in [0, 0.05) is 15.4 Å². The van der Waals surface area contributed by atoms with E-state index >= 15 is 0 Å². The van der Waals surface area contributed by atoms with Crippen LogP contribution in [0, 0.1) is 0 Å². The molecule has 0 N–H and O–H groups in total. The van der Waals surface area contributed by atoms with Crippen molar-refractivity contribution in [3.8, 4) is 0 Å². The zero-order chi connectivity index (χ0) is 22.4. The highest BCUT2D eigenvalue weighted by Crippen LogP contribution is 2.27. The Hall–Kier alpha value is -2.89. The number of hydrogen-bond donors (Lipinski definition) is 0. The van der Waals surface area contributed by atoms with Crippen LogP contribution in [0.2, 0.25) is 0 Å². The lowest BCUT2D eigenvalue weighted by Gasteiger charge is -2.07. The van der Waals surface area contributed by atoms with Gasteiger partial charge in [0.15, 0.2) is 0 Å². The smallest absolute Gasteiger partial charge is 0.210 e. The van der Waals surface area contributed by atoms with Gasteiger partial charge in [0.05, 0.1) is 0 Å². The van der Waals surface area contributed by atoms with Gasteiger partial charge < -0.3 is 0 Å². The molecule has 0 aromatic heterocycles. The minimum atomic E-state index is -0.124. The molecule has 0 fully saturated rings. The fourth-order valence-corrected chi connectivity index (χ4v) is 3.96. The largest absolute Gasteiger partial charge is 0.287 e. The highest BCUT2D eigenvalue weighted by atomic mass is 32.2. The van der Waals surface area contributed by atoms with E-state index in [1.54, 1.807) is 11.8 Å².